The smallest absolute Gasteiger partial charge is 0.397 e. The van der Waals surface area contributed by atoms with Crippen LogP contribution < -0.4 is 5.32 Å². The van der Waals surface area contributed by atoms with Crippen molar-refractivity contribution in [3.63, 3.8) is 0 Å². The molecule has 0 bridgehead atoms. The minimum absolute atomic E-state index is 0.255. The maximum absolute atomic E-state index is 10.8. The molecule has 118 valence electrons. The Kier molecular flexibility index (Phi) is 3.43. The van der Waals surface area contributed by atoms with Crippen molar-refractivity contribution < 1.29 is 9.34 Å². The fraction of sp³-hybridized carbons (Fsp3) is 0. The van der Waals surface area contributed by atoms with Gasteiger partial charge in [0.2, 0.25) is 0 Å². The molecule has 0 aliphatic rings. The fourth-order valence-corrected chi connectivity index (χ4v) is 3.04. The van der Waals surface area contributed by atoms with E-state index in [1.165, 1.54) is 23.5 Å². The van der Waals surface area contributed by atoms with Gasteiger partial charge in [0.25, 0.3) is 0 Å². The topological polar surface area (TPSA) is 94.1 Å². The first-order valence-corrected chi connectivity index (χ1v) is 7.90. The molecule has 8 heteroatoms. The number of rotatable bonds is 4. The van der Waals surface area contributed by atoms with Crippen LogP contribution in [0.25, 0.3) is 21.8 Å². The molecule has 0 aliphatic carbocycles. The number of hydrogen-bond donors (Lipinski definition) is 1. The lowest BCUT2D eigenvalue weighted by atomic mass is 10.3. The molecular formula is C16H10N4O3S. The fourth-order valence-electron chi connectivity index (χ4n) is 2.26. The molecule has 0 radical (unpaired) electrons. The lowest BCUT2D eigenvalue weighted by molar-refractivity contribution is -0.401. The molecule has 4 aromatic rings. The average Bonchev–Trinajstić information content (AvgIpc) is 3.25. The summed E-state index contributed by atoms with van der Waals surface area (Å²) in [7, 11) is 0. The highest BCUT2D eigenvalue weighted by molar-refractivity contribution is 7.17. The average molecular weight is 338 g/mol. The summed E-state index contributed by atoms with van der Waals surface area (Å²) in [5.74, 6) is 0.852. The summed E-state index contributed by atoms with van der Waals surface area (Å²) in [6.07, 6.45) is 0. The lowest BCUT2D eigenvalue weighted by Gasteiger charge is -2.07. The standard InChI is InChI=1S/C16H10N4O3S/c21-20(22)13-7-6-12(23-13)15-18-11-8-9-24-14(11)16(19-15)17-10-4-2-1-3-5-10/h1-9H,(H,17,18,19). The monoisotopic (exact) mass is 338 g/mol. The maximum atomic E-state index is 10.8. The van der Waals surface area contributed by atoms with Crippen LogP contribution in [0.4, 0.5) is 17.4 Å². The summed E-state index contributed by atoms with van der Waals surface area (Å²) in [6.45, 7) is 0. The van der Waals surface area contributed by atoms with Gasteiger partial charge in [-0.2, -0.15) is 0 Å². The van der Waals surface area contributed by atoms with Crippen LogP contribution in [-0.2, 0) is 0 Å². The second-order valence-corrected chi connectivity index (χ2v) is 5.83. The van der Waals surface area contributed by atoms with E-state index in [0.717, 1.165) is 15.9 Å². The largest absolute Gasteiger partial charge is 0.433 e. The van der Waals surface area contributed by atoms with Crippen LogP contribution in [0.15, 0.2) is 58.3 Å². The van der Waals surface area contributed by atoms with Crippen LogP contribution in [-0.4, -0.2) is 14.9 Å². The molecule has 3 aromatic heterocycles. The molecule has 7 nitrogen and oxygen atoms in total. The highest BCUT2D eigenvalue weighted by Gasteiger charge is 2.17. The Morgan fingerprint density at radius 3 is 2.67 bits per heavy atom. The van der Waals surface area contributed by atoms with E-state index in [2.05, 4.69) is 15.3 Å². The molecule has 0 spiro atoms. The Balaban J connectivity index is 1.81. The SMILES string of the molecule is O=[N+]([O-])c1ccc(-c2nc(Nc3ccccc3)c3sccc3n2)o1. The van der Waals surface area contributed by atoms with E-state index in [1.807, 2.05) is 41.8 Å². The van der Waals surface area contributed by atoms with E-state index in [0.29, 0.717) is 11.6 Å². The predicted molar refractivity (Wildman–Crippen MR) is 91.5 cm³/mol. The third-order valence-corrected chi connectivity index (χ3v) is 4.24. The number of nitro groups is 1. The zero-order valence-electron chi connectivity index (χ0n) is 12.2. The number of furan rings is 1. The first-order valence-electron chi connectivity index (χ1n) is 7.02. The number of benzene rings is 1. The van der Waals surface area contributed by atoms with Crippen molar-refractivity contribution in [1.82, 2.24) is 9.97 Å². The number of para-hydroxylation sites is 1. The van der Waals surface area contributed by atoms with E-state index in [9.17, 15) is 10.1 Å². The number of fused-ring (bicyclic) bond motifs is 1. The van der Waals surface area contributed by atoms with Crippen LogP contribution in [0.3, 0.4) is 0 Å². The molecule has 3 heterocycles. The molecule has 0 unspecified atom stereocenters. The lowest BCUT2D eigenvalue weighted by Crippen LogP contribution is -1.97. The zero-order valence-corrected chi connectivity index (χ0v) is 13.0. The molecule has 0 atom stereocenters. The van der Waals surface area contributed by atoms with E-state index in [4.69, 9.17) is 4.42 Å². The summed E-state index contributed by atoms with van der Waals surface area (Å²) >= 11 is 1.52. The minimum Gasteiger partial charge on any atom is -0.397 e. The van der Waals surface area contributed by atoms with Crippen molar-refractivity contribution in [2.75, 3.05) is 5.32 Å². The summed E-state index contributed by atoms with van der Waals surface area (Å²) < 4.78 is 6.12. The molecule has 24 heavy (non-hydrogen) atoms. The third kappa shape index (κ3) is 2.59. The van der Waals surface area contributed by atoms with Gasteiger partial charge < -0.3 is 9.73 Å². The van der Waals surface area contributed by atoms with Gasteiger partial charge in [0.15, 0.2) is 17.4 Å². The van der Waals surface area contributed by atoms with Crippen molar-refractivity contribution in [1.29, 1.82) is 0 Å². The minimum atomic E-state index is -0.588. The summed E-state index contributed by atoms with van der Waals surface area (Å²) in [4.78, 5) is 19.1. The zero-order chi connectivity index (χ0) is 16.5. The van der Waals surface area contributed by atoms with Gasteiger partial charge in [-0.3, -0.25) is 10.1 Å². The maximum Gasteiger partial charge on any atom is 0.433 e. The second-order valence-electron chi connectivity index (χ2n) is 4.92. The highest BCUT2D eigenvalue weighted by Crippen LogP contribution is 2.32. The van der Waals surface area contributed by atoms with Gasteiger partial charge >= 0.3 is 5.88 Å². The summed E-state index contributed by atoms with van der Waals surface area (Å²) in [6, 6.07) is 14.3. The quantitative estimate of drug-likeness (QED) is 0.431. The Labute approximate surface area is 139 Å². The van der Waals surface area contributed by atoms with Crippen molar-refractivity contribution in [2.24, 2.45) is 0 Å². The highest BCUT2D eigenvalue weighted by atomic mass is 32.1. The van der Waals surface area contributed by atoms with Crippen LogP contribution >= 0.6 is 11.3 Å². The van der Waals surface area contributed by atoms with Gasteiger partial charge in [0.05, 0.1) is 16.3 Å². The molecule has 4 rings (SSSR count). The molecule has 0 saturated carbocycles. The Morgan fingerprint density at radius 1 is 1.08 bits per heavy atom. The Bertz CT molecular complexity index is 1030. The van der Waals surface area contributed by atoms with Crippen LogP contribution in [0.5, 0.6) is 0 Å². The molecule has 1 aromatic carbocycles. The molecule has 0 saturated heterocycles. The Hall–Kier alpha value is -3.26. The van der Waals surface area contributed by atoms with Gasteiger partial charge in [-0.1, -0.05) is 18.2 Å². The van der Waals surface area contributed by atoms with E-state index < -0.39 is 4.92 Å². The van der Waals surface area contributed by atoms with E-state index in [1.54, 1.807) is 0 Å². The van der Waals surface area contributed by atoms with Gasteiger partial charge in [-0.25, -0.2) is 9.97 Å². The van der Waals surface area contributed by atoms with Crippen LogP contribution in [0.1, 0.15) is 0 Å². The van der Waals surface area contributed by atoms with Crippen LogP contribution in [0, 0.1) is 10.1 Å². The van der Waals surface area contributed by atoms with Crippen molar-refractivity contribution in [3.05, 3.63) is 64.0 Å². The molecular weight excluding hydrogens is 328 g/mol. The Morgan fingerprint density at radius 2 is 1.92 bits per heavy atom. The molecule has 1 N–H and O–H groups in total. The number of thiophene rings is 1. The third-order valence-electron chi connectivity index (χ3n) is 3.33. The van der Waals surface area contributed by atoms with Crippen molar-refractivity contribution in [2.45, 2.75) is 0 Å². The number of hydrogen-bond acceptors (Lipinski definition) is 7. The van der Waals surface area contributed by atoms with Gasteiger partial charge in [0.1, 0.15) is 4.92 Å². The first kappa shape index (κ1) is 14.3. The summed E-state index contributed by atoms with van der Waals surface area (Å²) in [5, 5.41) is 16.0. The normalized spacial score (nSPS) is 10.8. The molecule has 0 amide bonds. The van der Waals surface area contributed by atoms with Crippen molar-refractivity contribution >= 4 is 38.9 Å². The predicted octanol–water partition coefficient (Wildman–Crippen LogP) is 4.60. The first-order chi connectivity index (χ1) is 11.7. The summed E-state index contributed by atoms with van der Waals surface area (Å²) in [5.41, 5.74) is 1.64. The number of nitrogens with zero attached hydrogens (tertiary/aromatic N) is 3. The van der Waals surface area contributed by atoms with Gasteiger partial charge in [-0.05, 0) is 29.6 Å². The van der Waals surface area contributed by atoms with Gasteiger partial charge in [0, 0.05) is 5.69 Å². The number of nitrogens with one attached hydrogen (secondary N) is 1. The van der Waals surface area contributed by atoms with Gasteiger partial charge in [-0.15, -0.1) is 11.3 Å². The number of aromatic nitrogens is 2. The second kappa shape index (κ2) is 5.74. The van der Waals surface area contributed by atoms with Crippen molar-refractivity contribution in [3.8, 4) is 11.6 Å². The number of anilines is 2. The molecule has 0 fully saturated rings. The van der Waals surface area contributed by atoms with Crippen LogP contribution in [0.2, 0.25) is 0 Å². The van der Waals surface area contributed by atoms with E-state index in [-0.39, 0.29) is 11.6 Å². The molecule has 0 aliphatic heterocycles. The van der Waals surface area contributed by atoms with E-state index >= 15 is 0 Å².